The van der Waals surface area contributed by atoms with Crippen molar-refractivity contribution in [1.82, 2.24) is 4.98 Å². The normalized spacial score (nSPS) is 11.4. The minimum atomic E-state index is -4.94. The number of phenols is 1. The molecule has 0 atom stereocenters. The van der Waals surface area contributed by atoms with Gasteiger partial charge in [0.05, 0.1) is 10.6 Å². The number of fused-ring (bicyclic) bond motifs is 1. The van der Waals surface area contributed by atoms with Crippen LogP contribution in [-0.2, 0) is 12.6 Å². The summed E-state index contributed by atoms with van der Waals surface area (Å²) in [5, 5.41) is 24.9. The average molecular weight is 562 g/mol. The fraction of sp³-hybridized carbons (Fsp3) is 0.0833. The van der Waals surface area contributed by atoms with Crippen LogP contribution in [0.1, 0.15) is 27.2 Å². The van der Waals surface area contributed by atoms with E-state index in [0.29, 0.717) is 10.8 Å². The summed E-state index contributed by atoms with van der Waals surface area (Å²) in [7, 11) is 0. The summed E-state index contributed by atoms with van der Waals surface area (Å²) in [5.74, 6) is -1.27. The fourth-order valence-electron chi connectivity index (χ4n) is 3.74. The van der Waals surface area contributed by atoms with Crippen LogP contribution in [0.5, 0.6) is 5.75 Å². The number of pyridine rings is 1. The molecule has 3 aromatic carbocycles. The number of hydrogen-bond acceptors (Lipinski definition) is 5. The molecule has 4 aromatic rings. The predicted octanol–water partition coefficient (Wildman–Crippen LogP) is 5.77. The molecule has 1 amide bonds. The molecule has 0 fully saturated rings. The Bertz CT molecular complexity index is 1580. The number of anilines is 1. The van der Waals surface area contributed by atoms with Gasteiger partial charge in [0.2, 0.25) is 0 Å². The number of aromatic nitrogens is 1. The first kappa shape index (κ1) is 24.9. The number of nitrogens with one attached hydrogen (secondary N) is 2. The second-order valence-corrected chi connectivity index (χ2v) is 8.60. The highest BCUT2D eigenvalue weighted by molar-refractivity contribution is 9.10. The second kappa shape index (κ2) is 9.46. The quantitative estimate of drug-likeness (QED) is 0.211. The summed E-state index contributed by atoms with van der Waals surface area (Å²) < 4.78 is 41.5. The summed E-state index contributed by atoms with van der Waals surface area (Å²) in [5.41, 5.74) is -3.65. The van der Waals surface area contributed by atoms with Crippen LogP contribution in [0, 0.1) is 10.1 Å². The van der Waals surface area contributed by atoms with E-state index in [2.05, 4.69) is 21.2 Å². The third-order valence-corrected chi connectivity index (χ3v) is 6.10. The number of nitro benzene ring substituents is 1. The standard InChI is InChI=1S/C24H15BrF3N3O5/c25-18-11-14(31(35)36)6-7-19(18)29-22(33)17-10-13(21(24(26,27)28)30-23(17)34)9-16-15-4-2-1-3-12(15)5-8-20(16)32/h1-8,10-11,32H,9H2,(H,29,33)(H,30,34). The fourth-order valence-corrected chi connectivity index (χ4v) is 4.21. The van der Waals surface area contributed by atoms with Crippen molar-refractivity contribution in [3.8, 4) is 5.75 Å². The number of aromatic hydroxyl groups is 1. The molecule has 1 heterocycles. The van der Waals surface area contributed by atoms with E-state index in [-0.39, 0.29) is 27.2 Å². The van der Waals surface area contributed by atoms with Gasteiger partial charge in [0.25, 0.3) is 17.2 Å². The molecule has 36 heavy (non-hydrogen) atoms. The number of aromatic amines is 1. The number of hydrogen-bond donors (Lipinski definition) is 3. The SMILES string of the molecule is O=C(Nc1ccc([N+](=O)[O-])cc1Br)c1cc(Cc2c(O)ccc3ccccc23)c(C(F)(F)F)[nH]c1=O. The largest absolute Gasteiger partial charge is 0.508 e. The Morgan fingerprint density at radius 2 is 1.83 bits per heavy atom. The van der Waals surface area contributed by atoms with Crippen LogP contribution in [-0.4, -0.2) is 20.9 Å². The van der Waals surface area contributed by atoms with Crippen LogP contribution in [0.2, 0.25) is 0 Å². The molecular weight excluding hydrogens is 547 g/mol. The highest BCUT2D eigenvalue weighted by Crippen LogP contribution is 2.35. The maximum absolute atomic E-state index is 13.8. The van der Waals surface area contributed by atoms with Crippen molar-refractivity contribution in [3.63, 3.8) is 0 Å². The topological polar surface area (TPSA) is 125 Å². The van der Waals surface area contributed by atoms with E-state index in [4.69, 9.17) is 0 Å². The van der Waals surface area contributed by atoms with E-state index in [1.54, 1.807) is 35.3 Å². The lowest BCUT2D eigenvalue weighted by Gasteiger charge is -2.16. The molecule has 0 bridgehead atoms. The van der Waals surface area contributed by atoms with Gasteiger partial charge in [-0.25, -0.2) is 0 Å². The zero-order valence-corrected chi connectivity index (χ0v) is 19.6. The number of rotatable bonds is 5. The molecule has 0 aliphatic heterocycles. The van der Waals surface area contributed by atoms with Gasteiger partial charge in [-0.3, -0.25) is 19.7 Å². The van der Waals surface area contributed by atoms with E-state index in [1.165, 1.54) is 12.1 Å². The third-order valence-electron chi connectivity index (χ3n) is 5.45. The van der Waals surface area contributed by atoms with E-state index in [1.807, 2.05) is 0 Å². The van der Waals surface area contributed by atoms with Gasteiger partial charge in [0, 0.05) is 28.6 Å². The molecule has 184 valence electrons. The maximum Gasteiger partial charge on any atom is 0.431 e. The molecule has 0 saturated heterocycles. The number of halogens is 4. The molecule has 0 aliphatic rings. The summed E-state index contributed by atoms with van der Waals surface area (Å²) in [6, 6.07) is 14.0. The Morgan fingerprint density at radius 3 is 2.50 bits per heavy atom. The van der Waals surface area contributed by atoms with E-state index in [9.17, 15) is 38.0 Å². The molecule has 4 rings (SSSR count). The number of phenolic OH excluding ortho intramolecular Hbond substituents is 1. The van der Waals surface area contributed by atoms with Crippen molar-refractivity contribution >= 4 is 44.0 Å². The number of H-pyrrole nitrogens is 1. The number of alkyl halides is 3. The average Bonchev–Trinajstić information content (AvgIpc) is 2.82. The van der Waals surface area contributed by atoms with Crippen molar-refractivity contribution in [2.45, 2.75) is 12.6 Å². The summed E-state index contributed by atoms with van der Waals surface area (Å²) in [4.78, 5) is 37.3. The van der Waals surface area contributed by atoms with Gasteiger partial charge in [0.1, 0.15) is 17.0 Å². The number of benzene rings is 3. The molecule has 3 N–H and O–H groups in total. The molecule has 0 aliphatic carbocycles. The highest BCUT2D eigenvalue weighted by Gasteiger charge is 2.36. The molecule has 0 saturated carbocycles. The number of amides is 1. The molecule has 8 nitrogen and oxygen atoms in total. The first-order valence-corrected chi connectivity index (χ1v) is 11.0. The van der Waals surface area contributed by atoms with Crippen molar-refractivity contribution in [1.29, 1.82) is 0 Å². The minimum absolute atomic E-state index is 0.0677. The third kappa shape index (κ3) is 4.93. The number of carbonyl (C=O) groups is 1. The number of nitrogens with zero attached hydrogens (tertiary/aromatic N) is 1. The van der Waals surface area contributed by atoms with Gasteiger partial charge in [-0.15, -0.1) is 0 Å². The van der Waals surface area contributed by atoms with Crippen LogP contribution < -0.4 is 10.9 Å². The highest BCUT2D eigenvalue weighted by atomic mass is 79.9. The van der Waals surface area contributed by atoms with Crippen LogP contribution in [0.4, 0.5) is 24.5 Å². The zero-order chi connectivity index (χ0) is 26.2. The van der Waals surface area contributed by atoms with Crippen LogP contribution in [0.15, 0.2) is 69.9 Å². The van der Waals surface area contributed by atoms with E-state index in [0.717, 1.165) is 18.2 Å². The lowest BCUT2D eigenvalue weighted by Crippen LogP contribution is -2.27. The molecule has 0 spiro atoms. The molecule has 12 heteroatoms. The number of non-ortho nitro benzene ring substituents is 1. The predicted molar refractivity (Wildman–Crippen MR) is 129 cm³/mol. The maximum atomic E-state index is 13.8. The molecule has 0 radical (unpaired) electrons. The van der Waals surface area contributed by atoms with E-state index < -0.39 is 45.8 Å². The van der Waals surface area contributed by atoms with Crippen molar-refractivity contribution in [2.24, 2.45) is 0 Å². The Kier molecular flexibility index (Phi) is 6.55. The van der Waals surface area contributed by atoms with Gasteiger partial charge >= 0.3 is 6.18 Å². The van der Waals surface area contributed by atoms with Crippen LogP contribution >= 0.6 is 15.9 Å². The monoisotopic (exact) mass is 561 g/mol. The summed E-state index contributed by atoms with van der Waals surface area (Å²) in [6.07, 6.45) is -5.37. The van der Waals surface area contributed by atoms with E-state index >= 15 is 0 Å². The van der Waals surface area contributed by atoms with Gasteiger partial charge in [-0.1, -0.05) is 30.3 Å². The Labute approximate surface area is 208 Å². The second-order valence-electron chi connectivity index (χ2n) is 7.75. The van der Waals surface area contributed by atoms with Crippen molar-refractivity contribution < 1.29 is 28.0 Å². The van der Waals surface area contributed by atoms with Gasteiger partial charge in [-0.05, 0) is 50.5 Å². The summed E-state index contributed by atoms with van der Waals surface area (Å²) >= 11 is 3.08. The van der Waals surface area contributed by atoms with Crippen molar-refractivity contribution in [2.75, 3.05) is 5.32 Å². The molecular formula is C24H15BrF3N3O5. The lowest BCUT2D eigenvalue weighted by atomic mass is 9.95. The van der Waals surface area contributed by atoms with Gasteiger partial charge in [0.15, 0.2) is 0 Å². The zero-order valence-electron chi connectivity index (χ0n) is 18.0. The number of carbonyl (C=O) groups excluding carboxylic acids is 1. The first-order chi connectivity index (χ1) is 17.0. The first-order valence-electron chi connectivity index (χ1n) is 10.2. The lowest BCUT2D eigenvalue weighted by molar-refractivity contribution is -0.384. The Hall–Kier alpha value is -4.19. The number of nitro groups is 1. The molecule has 1 aromatic heterocycles. The Balaban J connectivity index is 1.78. The van der Waals surface area contributed by atoms with Crippen LogP contribution in [0.25, 0.3) is 10.8 Å². The van der Waals surface area contributed by atoms with Crippen LogP contribution in [0.3, 0.4) is 0 Å². The minimum Gasteiger partial charge on any atom is -0.508 e. The Morgan fingerprint density at radius 1 is 1.11 bits per heavy atom. The van der Waals surface area contributed by atoms with Gasteiger partial charge in [-0.2, -0.15) is 13.2 Å². The smallest absolute Gasteiger partial charge is 0.431 e. The van der Waals surface area contributed by atoms with Gasteiger partial charge < -0.3 is 15.4 Å². The molecule has 0 unspecified atom stereocenters. The van der Waals surface area contributed by atoms with Crippen molar-refractivity contribution in [3.05, 3.63) is 108 Å². The summed E-state index contributed by atoms with van der Waals surface area (Å²) in [6.45, 7) is 0.